The number of nitrogens with one attached hydrogen (secondary N) is 1. The molecular weight excluding hydrogens is 268 g/mol. The van der Waals surface area contributed by atoms with Crippen molar-refractivity contribution >= 4 is 5.91 Å². The summed E-state index contributed by atoms with van der Waals surface area (Å²) < 4.78 is 1.90. The monoisotopic (exact) mass is 288 g/mol. The van der Waals surface area contributed by atoms with Gasteiger partial charge < -0.3 is 20.7 Å². The molecule has 1 aromatic heterocycles. The van der Waals surface area contributed by atoms with Crippen LogP contribution >= 0.6 is 0 Å². The second kappa shape index (κ2) is 6.90. The van der Waals surface area contributed by atoms with E-state index in [-0.39, 0.29) is 17.7 Å². The largest absolute Gasteiger partial charge is 0.508 e. The van der Waals surface area contributed by atoms with E-state index in [0.717, 1.165) is 5.56 Å². The van der Waals surface area contributed by atoms with Gasteiger partial charge in [-0.3, -0.25) is 4.79 Å². The van der Waals surface area contributed by atoms with Crippen LogP contribution in [0.2, 0.25) is 0 Å². The molecule has 2 atom stereocenters. The van der Waals surface area contributed by atoms with E-state index in [1.165, 1.54) is 0 Å². The molecule has 1 aromatic carbocycles. The number of hydrogen-bond acceptors (Lipinski definition) is 4. The molecule has 0 saturated heterocycles. The van der Waals surface area contributed by atoms with Crippen LogP contribution in [0.5, 0.6) is 5.75 Å². The third kappa shape index (κ3) is 4.61. The van der Waals surface area contributed by atoms with Crippen molar-refractivity contribution in [2.45, 2.75) is 32.0 Å². The summed E-state index contributed by atoms with van der Waals surface area (Å²) in [6, 6.07) is 6.05. The highest BCUT2D eigenvalue weighted by molar-refractivity contribution is 5.82. The lowest BCUT2D eigenvalue weighted by Gasteiger charge is -2.18. The highest BCUT2D eigenvalue weighted by atomic mass is 16.3. The fraction of sp³-hybridized carbons (Fsp3) is 0.333. The highest BCUT2D eigenvalue weighted by Crippen LogP contribution is 2.10. The molecule has 0 aliphatic heterocycles. The minimum absolute atomic E-state index is 0.0300. The number of hydrogen-bond donors (Lipinski definition) is 3. The average Bonchev–Trinajstić information content (AvgIpc) is 2.94. The fourth-order valence-electron chi connectivity index (χ4n) is 2.09. The molecule has 1 amide bonds. The number of imidazole rings is 1. The lowest BCUT2D eigenvalue weighted by molar-refractivity contribution is -0.123. The summed E-state index contributed by atoms with van der Waals surface area (Å²) in [4.78, 5) is 16.0. The number of aromatic nitrogens is 2. The zero-order valence-corrected chi connectivity index (χ0v) is 11.9. The van der Waals surface area contributed by atoms with E-state index in [0.29, 0.717) is 13.0 Å². The Kier molecular flexibility index (Phi) is 4.94. The van der Waals surface area contributed by atoms with Crippen LogP contribution in [0, 0.1) is 0 Å². The Balaban J connectivity index is 1.83. The predicted molar refractivity (Wildman–Crippen MR) is 79.6 cm³/mol. The molecule has 0 radical (unpaired) electrons. The minimum atomic E-state index is -0.611. The molecule has 0 aliphatic rings. The molecule has 4 N–H and O–H groups in total. The molecule has 6 nitrogen and oxygen atoms in total. The SMILES string of the molecule is CC(Cn1ccnc1)NC(=O)[C@H](N)Cc1ccc(O)cc1. The van der Waals surface area contributed by atoms with Gasteiger partial charge in [-0.05, 0) is 31.0 Å². The van der Waals surface area contributed by atoms with Crippen molar-refractivity contribution in [3.63, 3.8) is 0 Å². The number of phenolic OH excluding ortho intramolecular Hbond substituents is 1. The number of phenols is 1. The van der Waals surface area contributed by atoms with Crippen molar-refractivity contribution in [2.24, 2.45) is 5.73 Å². The first-order valence-electron chi connectivity index (χ1n) is 6.84. The summed E-state index contributed by atoms with van der Waals surface area (Å²) >= 11 is 0. The van der Waals surface area contributed by atoms with Gasteiger partial charge in [0.25, 0.3) is 0 Å². The van der Waals surface area contributed by atoms with Gasteiger partial charge >= 0.3 is 0 Å². The van der Waals surface area contributed by atoms with E-state index in [9.17, 15) is 9.90 Å². The number of carbonyl (C=O) groups is 1. The molecule has 1 heterocycles. The number of benzene rings is 1. The molecule has 0 saturated carbocycles. The lowest BCUT2D eigenvalue weighted by atomic mass is 10.1. The zero-order valence-electron chi connectivity index (χ0n) is 11.9. The van der Waals surface area contributed by atoms with E-state index >= 15 is 0 Å². The molecule has 0 bridgehead atoms. The van der Waals surface area contributed by atoms with Crippen LogP contribution in [0.3, 0.4) is 0 Å². The maximum atomic E-state index is 12.0. The maximum Gasteiger partial charge on any atom is 0.237 e. The Morgan fingerprint density at radius 1 is 1.43 bits per heavy atom. The smallest absolute Gasteiger partial charge is 0.237 e. The highest BCUT2D eigenvalue weighted by Gasteiger charge is 2.16. The third-order valence-electron chi connectivity index (χ3n) is 3.16. The molecule has 6 heteroatoms. The van der Waals surface area contributed by atoms with Crippen molar-refractivity contribution < 1.29 is 9.90 Å². The number of nitrogens with zero attached hydrogens (tertiary/aromatic N) is 2. The van der Waals surface area contributed by atoms with Crippen LogP contribution in [-0.2, 0) is 17.8 Å². The van der Waals surface area contributed by atoms with Gasteiger partial charge in [-0.1, -0.05) is 12.1 Å². The molecule has 21 heavy (non-hydrogen) atoms. The molecule has 0 aliphatic carbocycles. The molecule has 112 valence electrons. The Morgan fingerprint density at radius 2 is 2.14 bits per heavy atom. The Hall–Kier alpha value is -2.34. The van der Waals surface area contributed by atoms with Gasteiger partial charge in [0.2, 0.25) is 5.91 Å². The van der Waals surface area contributed by atoms with Crippen molar-refractivity contribution in [3.05, 3.63) is 48.5 Å². The maximum absolute atomic E-state index is 12.0. The quantitative estimate of drug-likeness (QED) is 0.728. The van der Waals surface area contributed by atoms with Crippen LogP contribution in [0.15, 0.2) is 43.0 Å². The number of carbonyl (C=O) groups excluding carboxylic acids is 1. The number of rotatable bonds is 6. The zero-order chi connectivity index (χ0) is 15.2. The number of nitrogens with two attached hydrogens (primary N) is 1. The molecule has 2 aromatic rings. The standard InChI is InChI=1S/C15H20N4O2/c1-11(9-19-7-6-17-10-19)18-15(21)14(16)8-12-2-4-13(20)5-3-12/h2-7,10-11,14,20H,8-9,16H2,1H3,(H,18,21)/t11?,14-/m1/s1. The second-order valence-corrected chi connectivity index (χ2v) is 5.15. The first-order chi connectivity index (χ1) is 10.0. The number of aromatic hydroxyl groups is 1. The Morgan fingerprint density at radius 3 is 2.76 bits per heavy atom. The van der Waals surface area contributed by atoms with Crippen molar-refractivity contribution in [3.8, 4) is 5.75 Å². The topological polar surface area (TPSA) is 93.2 Å². The van der Waals surface area contributed by atoms with Crippen LogP contribution in [0.4, 0.5) is 0 Å². The van der Waals surface area contributed by atoms with Gasteiger partial charge in [0.1, 0.15) is 5.75 Å². The first kappa shape index (κ1) is 15.1. The van der Waals surface area contributed by atoms with Crippen molar-refractivity contribution in [2.75, 3.05) is 0 Å². The minimum Gasteiger partial charge on any atom is -0.508 e. The van der Waals surface area contributed by atoms with E-state index in [4.69, 9.17) is 5.73 Å². The van der Waals surface area contributed by atoms with Gasteiger partial charge in [0, 0.05) is 25.0 Å². The third-order valence-corrected chi connectivity index (χ3v) is 3.16. The summed E-state index contributed by atoms with van der Waals surface area (Å²) in [6.07, 6.45) is 5.69. The fourth-order valence-corrected chi connectivity index (χ4v) is 2.09. The van der Waals surface area contributed by atoms with Gasteiger partial charge in [0.05, 0.1) is 12.4 Å². The van der Waals surface area contributed by atoms with Crippen LogP contribution in [0.1, 0.15) is 12.5 Å². The van der Waals surface area contributed by atoms with E-state index in [2.05, 4.69) is 10.3 Å². The normalized spacial score (nSPS) is 13.6. The summed E-state index contributed by atoms with van der Waals surface area (Å²) in [6.45, 7) is 2.57. The van der Waals surface area contributed by atoms with Crippen LogP contribution in [0.25, 0.3) is 0 Å². The molecule has 2 rings (SSSR count). The predicted octanol–water partition coefficient (Wildman–Crippen LogP) is 0.663. The molecular formula is C15H20N4O2. The van der Waals surface area contributed by atoms with Gasteiger partial charge in [-0.15, -0.1) is 0 Å². The molecule has 1 unspecified atom stereocenters. The van der Waals surface area contributed by atoms with Gasteiger partial charge in [-0.25, -0.2) is 4.98 Å². The van der Waals surface area contributed by atoms with Gasteiger partial charge in [-0.2, -0.15) is 0 Å². The van der Waals surface area contributed by atoms with E-state index < -0.39 is 6.04 Å². The molecule has 0 spiro atoms. The Bertz CT molecular complexity index is 566. The van der Waals surface area contributed by atoms with E-state index in [1.54, 1.807) is 36.8 Å². The lowest BCUT2D eigenvalue weighted by Crippen LogP contribution is -2.46. The Labute approximate surface area is 123 Å². The number of amides is 1. The van der Waals surface area contributed by atoms with Crippen molar-refractivity contribution in [1.29, 1.82) is 0 Å². The molecule has 0 fully saturated rings. The average molecular weight is 288 g/mol. The summed E-state index contributed by atoms with van der Waals surface area (Å²) in [5.41, 5.74) is 6.83. The summed E-state index contributed by atoms with van der Waals surface area (Å²) in [5.74, 6) is 0.0152. The first-order valence-corrected chi connectivity index (χ1v) is 6.84. The van der Waals surface area contributed by atoms with Gasteiger partial charge in [0.15, 0.2) is 0 Å². The summed E-state index contributed by atoms with van der Waals surface area (Å²) in [7, 11) is 0. The van der Waals surface area contributed by atoms with E-state index in [1.807, 2.05) is 17.7 Å². The van der Waals surface area contributed by atoms with Crippen molar-refractivity contribution in [1.82, 2.24) is 14.9 Å². The van der Waals surface area contributed by atoms with Crippen LogP contribution in [-0.4, -0.2) is 32.6 Å². The second-order valence-electron chi connectivity index (χ2n) is 5.15. The summed E-state index contributed by atoms with van der Waals surface area (Å²) in [5, 5.41) is 12.1. The van der Waals surface area contributed by atoms with Crippen LogP contribution < -0.4 is 11.1 Å².